The number of anilines is 2. The van der Waals surface area contributed by atoms with Crippen molar-refractivity contribution >= 4 is 35.4 Å². The van der Waals surface area contributed by atoms with E-state index in [9.17, 15) is 19.5 Å². The number of para-hydroxylation sites is 2. The topological polar surface area (TPSA) is 117 Å². The largest absolute Gasteiger partial charge is 0.468 e. The molecule has 1 heterocycles. The van der Waals surface area contributed by atoms with Gasteiger partial charge in [0.15, 0.2) is 0 Å². The van der Waals surface area contributed by atoms with E-state index < -0.39 is 23.8 Å². The number of carbonyl (C=O) groups is 3. The lowest BCUT2D eigenvalue weighted by molar-refractivity contribution is -0.147. The predicted octanol–water partition coefficient (Wildman–Crippen LogP) is 3.97. The molecule has 1 saturated heterocycles. The maximum Gasteiger partial charge on any atom is 0.412 e. The molecule has 0 aliphatic carbocycles. The highest BCUT2D eigenvalue weighted by molar-refractivity contribution is 6.05. The van der Waals surface area contributed by atoms with E-state index in [1.807, 2.05) is 17.0 Å². The maximum absolute atomic E-state index is 12.5. The molecule has 2 amide bonds. The van der Waals surface area contributed by atoms with Gasteiger partial charge in [-0.1, -0.05) is 36.4 Å². The van der Waals surface area contributed by atoms with E-state index in [0.29, 0.717) is 30.9 Å². The van der Waals surface area contributed by atoms with Gasteiger partial charge < -0.3 is 19.9 Å². The Kier molecular flexibility index (Phi) is 8.84. The van der Waals surface area contributed by atoms with Gasteiger partial charge in [-0.15, -0.1) is 0 Å². The van der Waals surface area contributed by atoms with Crippen molar-refractivity contribution in [1.29, 1.82) is 0 Å². The summed E-state index contributed by atoms with van der Waals surface area (Å²) in [7, 11) is 1.35. The molecule has 1 aliphatic heterocycles. The van der Waals surface area contributed by atoms with Gasteiger partial charge in [-0.05, 0) is 56.5 Å². The molecule has 9 heteroatoms. The number of methoxy groups -OCH3 is 1. The summed E-state index contributed by atoms with van der Waals surface area (Å²) in [5.74, 6) is -0.763. The number of esters is 1. The van der Waals surface area contributed by atoms with Crippen molar-refractivity contribution in [3.8, 4) is 0 Å². The fourth-order valence-corrected chi connectivity index (χ4v) is 3.86. The minimum Gasteiger partial charge on any atom is -0.468 e. The number of amides is 2. The molecule has 2 unspecified atom stereocenters. The molecule has 2 atom stereocenters. The highest BCUT2D eigenvalue weighted by Crippen LogP contribution is 2.27. The predicted molar refractivity (Wildman–Crippen MR) is 137 cm³/mol. The number of β-amino-alcohol motifs (C(OH)–C–C–N with tert-alkyl or cyclic N) is 1. The first-order chi connectivity index (χ1) is 17.1. The molecule has 0 radical (unpaired) electrons. The molecule has 3 N–H and O–H groups in total. The van der Waals surface area contributed by atoms with Crippen molar-refractivity contribution in [2.75, 3.05) is 30.8 Å². The van der Waals surface area contributed by atoms with E-state index in [4.69, 9.17) is 9.47 Å². The Morgan fingerprint density at radius 2 is 1.69 bits per heavy atom. The molecule has 0 aromatic heterocycles. The number of ether oxygens (including phenoxy) is 2. The number of nitrogens with zero attached hydrogens (tertiary/aromatic N) is 1. The van der Waals surface area contributed by atoms with Crippen molar-refractivity contribution in [1.82, 2.24) is 4.90 Å². The first kappa shape index (κ1) is 26.9. The number of aliphatic hydroxyl groups excluding tert-OH is 1. The van der Waals surface area contributed by atoms with Crippen molar-refractivity contribution < 1.29 is 29.0 Å². The van der Waals surface area contributed by atoms with Crippen LogP contribution in [0.4, 0.5) is 16.2 Å². The molecule has 1 fully saturated rings. The highest BCUT2D eigenvalue weighted by atomic mass is 16.6. The van der Waals surface area contributed by atoms with Crippen LogP contribution in [-0.2, 0) is 19.1 Å². The van der Waals surface area contributed by atoms with Crippen LogP contribution < -0.4 is 10.6 Å². The summed E-state index contributed by atoms with van der Waals surface area (Å²) >= 11 is 0. The van der Waals surface area contributed by atoms with Crippen LogP contribution in [-0.4, -0.2) is 59.9 Å². The zero-order chi connectivity index (χ0) is 26.3. The van der Waals surface area contributed by atoms with E-state index in [1.54, 1.807) is 63.2 Å². The minimum absolute atomic E-state index is 0.379. The molecule has 1 aliphatic rings. The summed E-state index contributed by atoms with van der Waals surface area (Å²) < 4.78 is 10.2. The van der Waals surface area contributed by atoms with Gasteiger partial charge in [-0.3, -0.25) is 15.0 Å². The molecule has 0 spiro atoms. The van der Waals surface area contributed by atoms with Crippen molar-refractivity contribution in [3.05, 3.63) is 65.7 Å². The molecule has 0 bridgehead atoms. The third kappa shape index (κ3) is 7.66. The fraction of sp³-hybridized carbons (Fsp3) is 0.370. The summed E-state index contributed by atoms with van der Waals surface area (Å²) in [4.78, 5) is 38.9. The number of benzene rings is 2. The Labute approximate surface area is 211 Å². The lowest BCUT2D eigenvalue weighted by Crippen LogP contribution is -2.33. The Morgan fingerprint density at radius 3 is 2.25 bits per heavy atom. The Bertz CT molecular complexity index is 1110. The summed E-state index contributed by atoms with van der Waals surface area (Å²) in [5, 5.41) is 15.3. The van der Waals surface area contributed by atoms with Gasteiger partial charge in [0.05, 0.1) is 24.6 Å². The number of likely N-dealkylation sites (tertiary alicyclic amines) is 1. The zero-order valence-corrected chi connectivity index (χ0v) is 21.0. The van der Waals surface area contributed by atoms with Crippen LogP contribution in [0.15, 0.2) is 54.6 Å². The number of nitrogens with one attached hydrogen (secondary N) is 2. The van der Waals surface area contributed by atoms with Crippen LogP contribution in [0, 0.1) is 0 Å². The normalized spacial score (nSPS) is 17.0. The van der Waals surface area contributed by atoms with Gasteiger partial charge in [0, 0.05) is 19.2 Å². The first-order valence-corrected chi connectivity index (χ1v) is 11.7. The molecule has 2 aromatic rings. The van der Waals surface area contributed by atoms with Crippen molar-refractivity contribution in [2.45, 2.75) is 44.9 Å². The lowest BCUT2D eigenvalue weighted by atomic mass is 10.0. The van der Waals surface area contributed by atoms with E-state index in [2.05, 4.69) is 10.6 Å². The lowest BCUT2D eigenvalue weighted by Gasteiger charge is -2.25. The van der Waals surface area contributed by atoms with E-state index in [0.717, 1.165) is 11.1 Å². The SMILES string of the molecule is COC(=O)C(c1ccc(/C=C/C(=O)Nc2ccccc2NC(=O)OC(C)(C)C)cc1)N1CCC(O)C1. The molecule has 9 nitrogen and oxygen atoms in total. The number of hydrogen-bond acceptors (Lipinski definition) is 7. The molecule has 3 rings (SSSR count). The van der Waals surface area contributed by atoms with E-state index in [1.165, 1.54) is 13.2 Å². The molecule has 36 heavy (non-hydrogen) atoms. The second-order valence-electron chi connectivity index (χ2n) is 9.52. The molecule has 2 aromatic carbocycles. The molecular weight excluding hydrogens is 462 g/mol. The number of aliphatic hydroxyl groups is 1. The average Bonchev–Trinajstić information content (AvgIpc) is 3.24. The van der Waals surface area contributed by atoms with Crippen LogP contribution in [0.1, 0.15) is 44.4 Å². The van der Waals surface area contributed by atoms with Gasteiger partial charge in [0.1, 0.15) is 11.6 Å². The Hall–Kier alpha value is -3.69. The first-order valence-electron chi connectivity index (χ1n) is 11.7. The van der Waals surface area contributed by atoms with Crippen LogP contribution in [0.25, 0.3) is 6.08 Å². The highest BCUT2D eigenvalue weighted by Gasteiger charge is 2.33. The van der Waals surface area contributed by atoms with Gasteiger partial charge in [0.2, 0.25) is 5.91 Å². The van der Waals surface area contributed by atoms with E-state index >= 15 is 0 Å². The maximum atomic E-state index is 12.5. The number of hydrogen-bond donors (Lipinski definition) is 3. The van der Waals surface area contributed by atoms with Crippen molar-refractivity contribution in [2.24, 2.45) is 0 Å². The summed E-state index contributed by atoms with van der Waals surface area (Å²) in [5.41, 5.74) is 1.72. The summed E-state index contributed by atoms with van der Waals surface area (Å²) in [6, 6.07) is 13.5. The Balaban J connectivity index is 1.65. The van der Waals surface area contributed by atoms with Crippen LogP contribution in [0.5, 0.6) is 0 Å². The van der Waals surface area contributed by atoms with Gasteiger partial charge in [-0.25, -0.2) is 9.59 Å². The van der Waals surface area contributed by atoms with E-state index in [-0.39, 0.29) is 11.9 Å². The average molecular weight is 496 g/mol. The monoisotopic (exact) mass is 495 g/mol. The van der Waals surface area contributed by atoms with Crippen LogP contribution in [0.3, 0.4) is 0 Å². The standard InChI is InChI=1S/C27H33N3O6/c1-27(2,3)36-26(34)29-22-8-6-5-7-21(22)28-23(32)14-11-18-9-12-19(13-10-18)24(25(33)35-4)30-16-15-20(31)17-30/h5-14,20,24,31H,15-17H2,1-4H3,(H,28,32)(H,29,34)/b14-11+. The third-order valence-electron chi connectivity index (χ3n) is 5.48. The molecule has 0 saturated carbocycles. The zero-order valence-electron chi connectivity index (χ0n) is 21.0. The number of carbonyl (C=O) groups excluding carboxylic acids is 3. The van der Waals surface area contributed by atoms with Crippen LogP contribution in [0.2, 0.25) is 0 Å². The molecule has 192 valence electrons. The van der Waals surface area contributed by atoms with Crippen molar-refractivity contribution in [3.63, 3.8) is 0 Å². The quantitative estimate of drug-likeness (QED) is 0.393. The van der Waals surface area contributed by atoms with Gasteiger partial charge in [0.25, 0.3) is 0 Å². The minimum atomic E-state index is -0.646. The van der Waals surface area contributed by atoms with Gasteiger partial charge >= 0.3 is 12.1 Å². The second-order valence-corrected chi connectivity index (χ2v) is 9.52. The molecular formula is C27H33N3O6. The Morgan fingerprint density at radius 1 is 1.06 bits per heavy atom. The summed E-state index contributed by atoms with van der Waals surface area (Å²) in [6.07, 6.45) is 2.57. The van der Waals surface area contributed by atoms with Gasteiger partial charge in [-0.2, -0.15) is 0 Å². The van der Waals surface area contributed by atoms with Crippen LogP contribution >= 0.6 is 0 Å². The number of rotatable bonds is 7. The third-order valence-corrected chi connectivity index (χ3v) is 5.48. The smallest absolute Gasteiger partial charge is 0.412 e. The fourth-order valence-electron chi connectivity index (χ4n) is 3.86. The second kappa shape index (κ2) is 11.8. The summed E-state index contributed by atoms with van der Waals surface area (Å²) in [6.45, 7) is 6.32.